The molecule has 0 saturated carbocycles. The molecule has 2 nitrogen and oxygen atoms in total. The molecule has 0 saturated heterocycles. The van der Waals surface area contributed by atoms with Gasteiger partial charge in [0.1, 0.15) is 0 Å². The molecule has 0 fully saturated rings. The van der Waals surface area contributed by atoms with Gasteiger partial charge >= 0.3 is 0 Å². The van der Waals surface area contributed by atoms with Gasteiger partial charge in [-0.05, 0) is 25.5 Å². The van der Waals surface area contributed by atoms with Gasteiger partial charge in [-0.1, -0.05) is 25.8 Å². The first kappa shape index (κ1) is 11.4. The Hall–Kier alpha value is -0.630. The maximum absolute atomic E-state index is 5.32. The molecule has 70 valence electrons. The van der Waals surface area contributed by atoms with Gasteiger partial charge in [-0.2, -0.15) is 0 Å². The Labute approximate surface area is 75.6 Å². The minimum atomic E-state index is 0.733. The molecule has 0 unspecified atom stereocenters. The Kier molecular flexibility index (Phi) is 9.83. The highest BCUT2D eigenvalue weighted by Gasteiger charge is 1.77. The van der Waals surface area contributed by atoms with E-state index in [1.807, 2.05) is 12.3 Å². The van der Waals surface area contributed by atoms with Crippen molar-refractivity contribution >= 4 is 6.21 Å². The van der Waals surface area contributed by atoms with Crippen molar-refractivity contribution in [3.8, 4) is 0 Å². The van der Waals surface area contributed by atoms with Crippen LogP contribution in [0.3, 0.4) is 0 Å². The summed E-state index contributed by atoms with van der Waals surface area (Å²) in [7, 11) is 0. The van der Waals surface area contributed by atoms with Crippen LogP contribution in [-0.2, 0) is 0 Å². The average molecular weight is 168 g/mol. The fraction of sp³-hybridized carbons (Fsp3) is 0.700. The van der Waals surface area contributed by atoms with Gasteiger partial charge in [0.25, 0.3) is 0 Å². The van der Waals surface area contributed by atoms with Crippen LogP contribution in [0.15, 0.2) is 17.1 Å². The van der Waals surface area contributed by atoms with Gasteiger partial charge in [0.15, 0.2) is 0 Å². The number of aliphatic imine (C=N–C) groups is 1. The monoisotopic (exact) mass is 168 g/mol. The van der Waals surface area contributed by atoms with E-state index in [1.165, 1.54) is 19.3 Å². The summed E-state index contributed by atoms with van der Waals surface area (Å²) in [6.07, 6.45) is 10.7. The number of nitrogens with zero attached hydrogens (tertiary/aromatic N) is 1. The van der Waals surface area contributed by atoms with Crippen LogP contribution < -0.4 is 5.73 Å². The van der Waals surface area contributed by atoms with Crippen LogP contribution in [0.4, 0.5) is 0 Å². The third-order valence-corrected chi connectivity index (χ3v) is 1.54. The number of unbranched alkanes of at least 4 members (excludes halogenated alkanes) is 2. The molecule has 0 aromatic rings. The predicted molar refractivity (Wildman–Crippen MR) is 55.7 cm³/mol. The van der Waals surface area contributed by atoms with Gasteiger partial charge in [-0.25, -0.2) is 0 Å². The zero-order chi connectivity index (χ0) is 9.07. The molecule has 0 heterocycles. The number of hydrogen-bond acceptors (Lipinski definition) is 2. The SMILES string of the molecule is CCCCC=CC=NCCCN. The fourth-order valence-electron chi connectivity index (χ4n) is 0.797. The molecule has 2 heteroatoms. The van der Waals surface area contributed by atoms with E-state index in [0.29, 0.717) is 0 Å². The van der Waals surface area contributed by atoms with Crippen molar-refractivity contribution in [3.63, 3.8) is 0 Å². The van der Waals surface area contributed by atoms with Crippen molar-refractivity contribution in [2.75, 3.05) is 13.1 Å². The normalized spacial score (nSPS) is 11.8. The predicted octanol–water partition coefficient (Wildman–Crippen LogP) is 2.15. The Bertz CT molecular complexity index is 112. The molecule has 2 N–H and O–H groups in total. The lowest BCUT2D eigenvalue weighted by molar-refractivity contribution is 0.815. The minimum absolute atomic E-state index is 0.733. The van der Waals surface area contributed by atoms with E-state index in [4.69, 9.17) is 5.73 Å². The van der Waals surface area contributed by atoms with E-state index in [2.05, 4.69) is 18.0 Å². The maximum atomic E-state index is 5.32. The second-order valence-electron chi connectivity index (χ2n) is 2.77. The van der Waals surface area contributed by atoms with Crippen molar-refractivity contribution in [2.45, 2.75) is 32.6 Å². The average Bonchev–Trinajstić information content (AvgIpc) is 2.10. The van der Waals surface area contributed by atoms with Crippen LogP contribution in [0.2, 0.25) is 0 Å². The van der Waals surface area contributed by atoms with Crippen molar-refractivity contribution in [3.05, 3.63) is 12.2 Å². The van der Waals surface area contributed by atoms with E-state index in [1.54, 1.807) is 0 Å². The summed E-state index contributed by atoms with van der Waals surface area (Å²) in [5.41, 5.74) is 5.32. The number of rotatable bonds is 7. The molecule has 0 aliphatic carbocycles. The molecule has 0 atom stereocenters. The van der Waals surface area contributed by atoms with Gasteiger partial charge in [-0.3, -0.25) is 4.99 Å². The molecule has 0 aromatic heterocycles. The fourth-order valence-corrected chi connectivity index (χ4v) is 0.797. The summed E-state index contributed by atoms with van der Waals surface area (Å²) >= 11 is 0. The Balaban J connectivity index is 3.15. The Morgan fingerprint density at radius 2 is 2.17 bits per heavy atom. The van der Waals surface area contributed by atoms with Crippen LogP contribution in [0.5, 0.6) is 0 Å². The van der Waals surface area contributed by atoms with Crippen molar-refractivity contribution < 1.29 is 0 Å². The van der Waals surface area contributed by atoms with Crippen LogP contribution in [0.1, 0.15) is 32.6 Å². The number of allylic oxidation sites excluding steroid dienone is 2. The smallest absolute Gasteiger partial charge is 0.0401 e. The van der Waals surface area contributed by atoms with Crippen LogP contribution in [-0.4, -0.2) is 19.3 Å². The summed E-state index contributed by atoms with van der Waals surface area (Å²) < 4.78 is 0. The van der Waals surface area contributed by atoms with Gasteiger partial charge < -0.3 is 5.73 Å². The third-order valence-electron chi connectivity index (χ3n) is 1.54. The second kappa shape index (κ2) is 10.4. The zero-order valence-corrected chi connectivity index (χ0v) is 8.00. The van der Waals surface area contributed by atoms with Gasteiger partial charge in [-0.15, -0.1) is 0 Å². The third kappa shape index (κ3) is 9.37. The van der Waals surface area contributed by atoms with Crippen molar-refractivity contribution in [2.24, 2.45) is 10.7 Å². The lowest BCUT2D eigenvalue weighted by atomic mass is 10.2. The van der Waals surface area contributed by atoms with Crippen LogP contribution >= 0.6 is 0 Å². The van der Waals surface area contributed by atoms with Gasteiger partial charge in [0, 0.05) is 12.8 Å². The largest absolute Gasteiger partial charge is 0.330 e. The summed E-state index contributed by atoms with van der Waals surface area (Å²) in [6, 6.07) is 0. The van der Waals surface area contributed by atoms with Crippen molar-refractivity contribution in [1.29, 1.82) is 0 Å². The number of nitrogens with two attached hydrogens (primary N) is 1. The Morgan fingerprint density at radius 3 is 2.83 bits per heavy atom. The minimum Gasteiger partial charge on any atom is -0.330 e. The molecule has 0 aliphatic rings. The first-order chi connectivity index (χ1) is 5.91. The highest BCUT2D eigenvalue weighted by Crippen LogP contribution is 1.93. The molecule has 0 radical (unpaired) electrons. The number of hydrogen-bond donors (Lipinski definition) is 1. The summed E-state index contributed by atoms with van der Waals surface area (Å²) in [6.45, 7) is 3.79. The molecular weight excluding hydrogens is 148 g/mol. The molecule has 0 aromatic carbocycles. The second-order valence-corrected chi connectivity index (χ2v) is 2.77. The molecule has 0 bridgehead atoms. The molecule has 0 amide bonds. The first-order valence-corrected chi connectivity index (χ1v) is 4.76. The van der Waals surface area contributed by atoms with Crippen LogP contribution in [0.25, 0.3) is 0 Å². The van der Waals surface area contributed by atoms with E-state index in [0.717, 1.165) is 19.5 Å². The standard InChI is InChI=1S/C10H20N2/c1-2-3-4-5-6-9-12-10-7-8-11/h5-6,9H,2-4,7-8,10-11H2,1H3. The maximum Gasteiger partial charge on any atom is 0.0401 e. The quantitative estimate of drug-likeness (QED) is 0.459. The van der Waals surface area contributed by atoms with E-state index >= 15 is 0 Å². The van der Waals surface area contributed by atoms with E-state index < -0.39 is 0 Å². The molecule has 0 rings (SSSR count). The summed E-state index contributed by atoms with van der Waals surface area (Å²) in [4.78, 5) is 4.17. The van der Waals surface area contributed by atoms with E-state index in [-0.39, 0.29) is 0 Å². The van der Waals surface area contributed by atoms with Crippen LogP contribution in [0, 0.1) is 0 Å². The molecule has 0 aliphatic heterocycles. The molecule has 12 heavy (non-hydrogen) atoms. The highest BCUT2D eigenvalue weighted by atomic mass is 14.7. The van der Waals surface area contributed by atoms with Gasteiger partial charge in [0.05, 0.1) is 0 Å². The summed E-state index contributed by atoms with van der Waals surface area (Å²) in [5, 5.41) is 0. The topological polar surface area (TPSA) is 38.4 Å². The summed E-state index contributed by atoms with van der Waals surface area (Å²) in [5.74, 6) is 0. The Morgan fingerprint density at radius 1 is 1.33 bits per heavy atom. The first-order valence-electron chi connectivity index (χ1n) is 4.76. The lowest BCUT2D eigenvalue weighted by Gasteiger charge is -1.87. The zero-order valence-electron chi connectivity index (χ0n) is 8.00. The lowest BCUT2D eigenvalue weighted by Crippen LogP contribution is -1.99. The van der Waals surface area contributed by atoms with Crippen molar-refractivity contribution in [1.82, 2.24) is 0 Å². The van der Waals surface area contributed by atoms with Gasteiger partial charge in [0.2, 0.25) is 0 Å². The highest BCUT2D eigenvalue weighted by molar-refractivity contribution is 5.70. The van der Waals surface area contributed by atoms with E-state index in [9.17, 15) is 0 Å². The molecule has 0 spiro atoms. The molecular formula is C10H20N2.